The van der Waals surface area contributed by atoms with Crippen LogP contribution in [0.3, 0.4) is 0 Å². The van der Waals surface area contributed by atoms with E-state index in [4.69, 9.17) is 14.2 Å². The second-order valence-corrected chi connectivity index (χ2v) is 15.2. The number of nitrogens with one attached hydrogen (secondary N) is 2. The Balaban J connectivity index is 1.03. The minimum absolute atomic E-state index is 0.0703. The monoisotopic (exact) mass is 831 g/mol. The van der Waals surface area contributed by atoms with Gasteiger partial charge in [-0.3, -0.25) is 14.5 Å². The summed E-state index contributed by atoms with van der Waals surface area (Å²) in [4.78, 5) is 58.3. The van der Waals surface area contributed by atoms with E-state index in [1.165, 1.54) is 11.3 Å². The minimum atomic E-state index is -5.38. The van der Waals surface area contributed by atoms with Gasteiger partial charge in [0.15, 0.2) is 5.75 Å². The van der Waals surface area contributed by atoms with Crippen molar-refractivity contribution in [1.82, 2.24) is 25.1 Å². The molecule has 0 bridgehead atoms. The number of ether oxygens (including phenoxy) is 4. The Labute approximate surface area is 322 Å². The number of H-pyrrole nitrogens is 1. The largest absolute Gasteiger partial charge is 0.492 e. The van der Waals surface area contributed by atoms with E-state index in [0.29, 0.717) is 61.2 Å². The summed E-state index contributed by atoms with van der Waals surface area (Å²) in [6.45, 7) is 5.48. The Morgan fingerprint density at radius 1 is 1.05 bits per heavy atom. The van der Waals surface area contributed by atoms with Gasteiger partial charge >= 0.3 is 29.2 Å². The minimum Gasteiger partial charge on any atom is -0.492 e. The summed E-state index contributed by atoms with van der Waals surface area (Å²) < 4.78 is 99.4. The molecule has 0 radical (unpaired) electrons. The lowest BCUT2D eigenvalue weighted by atomic mass is 9.89. The molecule has 2 aromatic heterocycles. The number of rotatable bonds is 12. The van der Waals surface area contributed by atoms with Crippen LogP contribution in [0.5, 0.6) is 11.5 Å². The number of aryl methyl sites for hydroxylation is 1. The van der Waals surface area contributed by atoms with E-state index < -0.39 is 53.2 Å². The Bertz CT molecular complexity index is 2110. The number of amides is 1. The molecule has 21 heteroatoms. The molecule has 2 aromatic carbocycles. The molecule has 0 saturated carbocycles. The summed E-state index contributed by atoms with van der Waals surface area (Å²) in [5, 5.41) is 5.53. The van der Waals surface area contributed by atoms with Crippen molar-refractivity contribution in [3.63, 3.8) is 0 Å². The van der Waals surface area contributed by atoms with Gasteiger partial charge in [-0.1, -0.05) is 23.5 Å². The van der Waals surface area contributed by atoms with Crippen molar-refractivity contribution in [2.24, 2.45) is 0 Å². The van der Waals surface area contributed by atoms with Gasteiger partial charge in [-0.05, 0) is 49.6 Å². The van der Waals surface area contributed by atoms with Gasteiger partial charge in [0.25, 0.3) is 5.91 Å². The van der Waals surface area contributed by atoms with Gasteiger partial charge in [0.2, 0.25) is 0 Å². The summed E-state index contributed by atoms with van der Waals surface area (Å²) in [5.74, 6) is -5.36. The number of esters is 2. The van der Waals surface area contributed by atoms with Crippen molar-refractivity contribution in [2.45, 2.75) is 50.4 Å². The molecule has 56 heavy (non-hydrogen) atoms. The number of morpholine rings is 1. The van der Waals surface area contributed by atoms with Crippen molar-refractivity contribution in [3.05, 3.63) is 73.3 Å². The highest BCUT2D eigenvalue weighted by Gasteiger charge is 2.44. The van der Waals surface area contributed by atoms with Crippen LogP contribution >= 0.6 is 22.7 Å². The summed E-state index contributed by atoms with van der Waals surface area (Å²) in [6, 6.07) is 8.79. The number of hydrogen-bond donors (Lipinski definition) is 2. The van der Waals surface area contributed by atoms with Gasteiger partial charge < -0.3 is 34.1 Å². The van der Waals surface area contributed by atoms with Crippen LogP contribution in [0.15, 0.2) is 46.6 Å². The average Bonchev–Trinajstić information content (AvgIpc) is 3.76. The normalized spacial score (nSPS) is 16.9. The molecule has 2 saturated heterocycles. The van der Waals surface area contributed by atoms with Crippen molar-refractivity contribution in [3.8, 4) is 11.5 Å². The molecule has 1 spiro atoms. The highest BCUT2D eigenvalue weighted by Crippen LogP contribution is 2.36. The number of hydrogen-bond acceptors (Lipinski definition) is 13. The lowest BCUT2D eigenvalue weighted by Crippen LogP contribution is -2.58. The van der Waals surface area contributed by atoms with Crippen LogP contribution in [0, 0.1) is 6.92 Å². The number of benzene rings is 2. The van der Waals surface area contributed by atoms with E-state index in [1.807, 2.05) is 11.8 Å². The molecule has 13 nitrogen and oxygen atoms in total. The number of aromatic amines is 1. The molecule has 2 fully saturated rings. The van der Waals surface area contributed by atoms with Crippen LogP contribution in [0.1, 0.15) is 45.6 Å². The zero-order chi connectivity index (χ0) is 40.3. The van der Waals surface area contributed by atoms with E-state index >= 15 is 0 Å². The van der Waals surface area contributed by atoms with Crippen LogP contribution in [0.4, 0.5) is 26.3 Å². The number of piperidine rings is 1. The summed E-state index contributed by atoms with van der Waals surface area (Å²) >= 11 is 1.86. The van der Waals surface area contributed by atoms with Gasteiger partial charge in [-0.25, -0.2) is 14.6 Å². The molecule has 2 aliphatic rings. The molecular weight excluding hydrogens is 797 g/mol. The van der Waals surface area contributed by atoms with Gasteiger partial charge in [0.05, 0.1) is 28.5 Å². The number of nitrogens with zero attached hydrogens (tertiary/aromatic N) is 3. The lowest BCUT2D eigenvalue weighted by Gasteiger charge is -2.47. The molecule has 0 unspecified atom stereocenters. The fourth-order valence-electron chi connectivity index (χ4n) is 6.45. The number of carbonyl (C=O) groups excluding carboxylic acids is 3. The van der Waals surface area contributed by atoms with Crippen molar-refractivity contribution in [1.29, 1.82) is 0 Å². The predicted octanol–water partition coefficient (Wildman–Crippen LogP) is 5.14. The van der Waals surface area contributed by atoms with Crippen LogP contribution < -0.4 is 19.7 Å². The van der Waals surface area contributed by atoms with Gasteiger partial charge in [0.1, 0.15) is 29.7 Å². The number of alkyl halides is 6. The van der Waals surface area contributed by atoms with E-state index in [2.05, 4.69) is 24.9 Å². The van der Waals surface area contributed by atoms with Crippen molar-refractivity contribution in [2.75, 3.05) is 52.5 Å². The number of thiazole rings is 2. The zero-order valence-corrected chi connectivity index (χ0v) is 31.2. The van der Waals surface area contributed by atoms with Gasteiger partial charge in [-0.15, -0.1) is 11.3 Å². The van der Waals surface area contributed by atoms with E-state index in [9.17, 15) is 45.5 Å². The Morgan fingerprint density at radius 3 is 2.50 bits per heavy atom. The maximum atomic E-state index is 13.2. The molecular formula is C35H35F6N5O8S2. The molecule has 4 aromatic rings. The first-order chi connectivity index (χ1) is 26.5. The number of aromatic nitrogens is 2. The number of halogens is 6. The van der Waals surface area contributed by atoms with Gasteiger partial charge in [0, 0.05) is 50.2 Å². The van der Waals surface area contributed by atoms with Gasteiger partial charge in [-0.2, -0.15) is 26.3 Å². The highest BCUT2D eigenvalue weighted by atomic mass is 32.1. The topological polar surface area (TPSA) is 152 Å². The van der Waals surface area contributed by atoms with E-state index in [0.717, 1.165) is 43.1 Å². The van der Waals surface area contributed by atoms with Crippen LogP contribution in [0.2, 0.25) is 0 Å². The van der Waals surface area contributed by atoms with Crippen molar-refractivity contribution >= 4 is 50.7 Å². The van der Waals surface area contributed by atoms with Crippen LogP contribution in [-0.2, 0) is 25.6 Å². The molecule has 6 rings (SSSR count). The van der Waals surface area contributed by atoms with Crippen molar-refractivity contribution < 1.29 is 59.7 Å². The van der Waals surface area contributed by atoms with Crippen LogP contribution in [0.25, 0.3) is 10.2 Å². The highest BCUT2D eigenvalue weighted by molar-refractivity contribution is 7.16. The standard InChI is InChI=1S/C35H35F6N5O8S2/c1-20-43-24(18-55-20)29(47)46-12-14-52-33(19-46)7-9-45(10-8-33)11-13-51-22-4-2-3-21(15-22)16-42-17-26(54-31(49)35(39,40)41)23-5-6-25(53-30(48)34(36,37)38)27-28(23)56-32(50)44-27/h2-6,15,18,26,42H,7-14,16-17,19H2,1H3,(H,44,50)/t26-/m0/s1. The third-order valence-electron chi connectivity index (χ3n) is 9.21. The third kappa shape index (κ3) is 10.0. The molecule has 4 heterocycles. The Morgan fingerprint density at radius 2 is 1.80 bits per heavy atom. The first kappa shape index (κ1) is 41.1. The Kier molecular flexibility index (Phi) is 12.4. The predicted molar refractivity (Wildman–Crippen MR) is 190 cm³/mol. The molecule has 2 aliphatic heterocycles. The average molecular weight is 832 g/mol. The summed E-state index contributed by atoms with van der Waals surface area (Å²) in [7, 11) is 0. The van der Waals surface area contributed by atoms with E-state index in [1.54, 1.807) is 29.6 Å². The maximum absolute atomic E-state index is 13.2. The van der Waals surface area contributed by atoms with Crippen LogP contribution in [-0.4, -0.2) is 108 Å². The number of fused-ring (bicyclic) bond motifs is 1. The molecule has 302 valence electrons. The first-order valence-corrected chi connectivity index (χ1v) is 18.9. The van der Waals surface area contributed by atoms with E-state index in [-0.39, 0.29) is 28.2 Å². The molecule has 1 atom stereocenters. The number of carbonyl (C=O) groups is 3. The second-order valence-electron chi connectivity index (χ2n) is 13.1. The quantitative estimate of drug-likeness (QED) is 0.111. The smallest absolute Gasteiger partial charge is 0.491 e. The second kappa shape index (κ2) is 16.9. The molecule has 2 N–H and O–H groups in total. The summed E-state index contributed by atoms with van der Waals surface area (Å²) in [5.41, 5.74) is 0.172. The lowest BCUT2D eigenvalue weighted by molar-refractivity contribution is -0.205. The Hall–Kier alpha value is -4.57. The maximum Gasteiger partial charge on any atom is 0.491 e. The third-order valence-corrected chi connectivity index (χ3v) is 10.9. The first-order valence-electron chi connectivity index (χ1n) is 17.2. The fraction of sp³-hybridized carbons (Fsp3) is 0.457. The fourth-order valence-corrected chi connectivity index (χ4v) is 7.95. The summed E-state index contributed by atoms with van der Waals surface area (Å²) in [6.07, 6.45) is -10.9. The SMILES string of the molecule is Cc1nc(C(=O)N2CCOC3(CCN(CCOc4cccc(CNC[C@H](OC(=O)C(F)(F)F)c5ccc(OC(=O)C(F)(F)F)c6[nH]c(=O)sc56)c4)CC3)C2)cs1. The number of likely N-dealkylation sites (tertiary alicyclic amines) is 1. The molecule has 1 amide bonds. The zero-order valence-electron chi connectivity index (χ0n) is 29.6. The molecule has 0 aliphatic carbocycles.